The topological polar surface area (TPSA) is 75.3 Å². The Kier molecular flexibility index (Phi) is 6.67. The molecule has 1 aromatic rings. The molecule has 134 valence electrons. The van der Waals surface area contributed by atoms with Crippen LogP contribution in [0.1, 0.15) is 56.3 Å². The molecule has 3 rings (SSSR count). The summed E-state index contributed by atoms with van der Waals surface area (Å²) in [4.78, 5) is 12.5. The first-order chi connectivity index (χ1) is 11.0. The highest BCUT2D eigenvalue weighted by atomic mass is 35.5. The first kappa shape index (κ1) is 19.2. The molecule has 1 aromatic carbocycles. The van der Waals surface area contributed by atoms with E-state index in [9.17, 15) is 9.90 Å². The van der Waals surface area contributed by atoms with Gasteiger partial charge >= 0.3 is 0 Å². The van der Waals surface area contributed by atoms with Crippen LogP contribution >= 0.6 is 12.4 Å². The van der Waals surface area contributed by atoms with Gasteiger partial charge in [0.2, 0.25) is 5.91 Å². The van der Waals surface area contributed by atoms with Gasteiger partial charge < -0.3 is 16.2 Å². The van der Waals surface area contributed by atoms with Crippen LogP contribution in [0.15, 0.2) is 24.3 Å². The van der Waals surface area contributed by atoms with E-state index >= 15 is 0 Å². The van der Waals surface area contributed by atoms with Gasteiger partial charge in [0, 0.05) is 18.5 Å². The van der Waals surface area contributed by atoms with Crippen molar-refractivity contribution in [2.24, 2.45) is 23.5 Å². The Morgan fingerprint density at radius 3 is 2.38 bits per heavy atom. The molecule has 0 aliphatic heterocycles. The third-order valence-corrected chi connectivity index (χ3v) is 5.71. The van der Waals surface area contributed by atoms with Crippen molar-refractivity contribution < 1.29 is 9.90 Å². The summed E-state index contributed by atoms with van der Waals surface area (Å²) in [6, 6.07) is 8.06. The molecule has 2 aliphatic rings. The molecule has 2 bridgehead atoms. The summed E-state index contributed by atoms with van der Waals surface area (Å²) >= 11 is 0. The number of aliphatic hydroxyl groups excluding tert-OH is 1. The van der Waals surface area contributed by atoms with E-state index in [1.165, 1.54) is 19.3 Å². The lowest BCUT2D eigenvalue weighted by Crippen LogP contribution is -2.49. The van der Waals surface area contributed by atoms with Gasteiger partial charge in [0.05, 0.1) is 6.10 Å². The number of benzene rings is 1. The average molecular weight is 353 g/mol. The van der Waals surface area contributed by atoms with Crippen molar-refractivity contribution >= 4 is 18.3 Å². The van der Waals surface area contributed by atoms with Gasteiger partial charge in [0.1, 0.15) is 0 Å². The van der Waals surface area contributed by atoms with E-state index < -0.39 is 6.10 Å². The zero-order valence-corrected chi connectivity index (χ0v) is 15.1. The number of aliphatic hydroxyl groups is 1. The number of halogens is 1. The number of carbonyl (C=O) groups excluding carboxylic acids is 1. The van der Waals surface area contributed by atoms with Gasteiger partial charge in [-0.15, -0.1) is 12.4 Å². The molecule has 4 nitrogen and oxygen atoms in total. The average Bonchev–Trinajstić information content (AvgIpc) is 2.52. The summed E-state index contributed by atoms with van der Waals surface area (Å²) in [5.41, 5.74) is 8.26. The number of nitrogens with one attached hydrogen (secondary N) is 1. The number of rotatable bonds is 4. The van der Waals surface area contributed by atoms with Crippen LogP contribution in [-0.4, -0.2) is 17.1 Å². The Balaban J connectivity index is 0.00000208. The van der Waals surface area contributed by atoms with Crippen LogP contribution in [0, 0.1) is 17.8 Å². The minimum absolute atomic E-state index is 0. The summed E-state index contributed by atoms with van der Waals surface area (Å²) in [5, 5.41) is 12.6. The van der Waals surface area contributed by atoms with Crippen molar-refractivity contribution in [2.75, 3.05) is 0 Å². The van der Waals surface area contributed by atoms with Gasteiger partial charge in [-0.3, -0.25) is 4.79 Å². The molecule has 0 aromatic heterocycles. The SMILES string of the molecule is CC(O)c1ccc(CNC(=O)C2CC3CCCC(C2)C3N)cc1.Cl. The number of fused-ring (bicyclic) bond motifs is 2. The maximum Gasteiger partial charge on any atom is 0.223 e. The van der Waals surface area contributed by atoms with Crippen LogP contribution in [0.5, 0.6) is 0 Å². The van der Waals surface area contributed by atoms with Crippen molar-refractivity contribution in [3.05, 3.63) is 35.4 Å². The molecule has 2 fully saturated rings. The number of amides is 1. The van der Waals surface area contributed by atoms with Crippen LogP contribution in [0.4, 0.5) is 0 Å². The maximum atomic E-state index is 12.5. The van der Waals surface area contributed by atoms with Crippen molar-refractivity contribution in [2.45, 2.75) is 57.7 Å². The normalized spacial score (nSPS) is 30.1. The summed E-state index contributed by atoms with van der Waals surface area (Å²) in [6.07, 6.45) is 5.08. The van der Waals surface area contributed by atoms with Gasteiger partial charge in [0.25, 0.3) is 0 Å². The van der Waals surface area contributed by atoms with E-state index in [4.69, 9.17) is 5.73 Å². The second-order valence-corrected chi connectivity index (χ2v) is 7.33. The quantitative estimate of drug-likeness (QED) is 0.779. The number of hydrogen-bond acceptors (Lipinski definition) is 3. The van der Waals surface area contributed by atoms with Crippen LogP contribution in [0.3, 0.4) is 0 Å². The van der Waals surface area contributed by atoms with Crippen LogP contribution in [0.25, 0.3) is 0 Å². The van der Waals surface area contributed by atoms with E-state index in [2.05, 4.69) is 5.32 Å². The van der Waals surface area contributed by atoms with Crippen molar-refractivity contribution in [3.63, 3.8) is 0 Å². The smallest absolute Gasteiger partial charge is 0.223 e. The third-order valence-electron chi connectivity index (χ3n) is 5.71. The van der Waals surface area contributed by atoms with E-state index in [0.29, 0.717) is 24.4 Å². The lowest BCUT2D eigenvalue weighted by atomic mass is 9.65. The van der Waals surface area contributed by atoms with Gasteiger partial charge in [-0.1, -0.05) is 30.7 Å². The Labute approximate surface area is 150 Å². The van der Waals surface area contributed by atoms with Crippen molar-refractivity contribution in [3.8, 4) is 0 Å². The van der Waals surface area contributed by atoms with Crippen molar-refractivity contribution in [1.82, 2.24) is 5.32 Å². The molecule has 3 atom stereocenters. The fourth-order valence-corrected chi connectivity index (χ4v) is 4.25. The molecule has 0 radical (unpaired) electrons. The van der Waals surface area contributed by atoms with Crippen LogP contribution in [0.2, 0.25) is 0 Å². The lowest BCUT2D eigenvalue weighted by molar-refractivity contribution is -0.128. The molecular formula is C19H29ClN2O2. The minimum Gasteiger partial charge on any atom is -0.389 e. The fourth-order valence-electron chi connectivity index (χ4n) is 4.25. The maximum absolute atomic E-state index is 12.5. The van der Waals surface area contributed by atoms with Crippen LogP contribution < -0.4 is 11.1 Å². The third kappa shape index (κ3) is 4.29. The summed E-state index contributed by atoms with van der Waals surface area (Å²) in [7, 11) is 0. The highest BCUT2D eigenvalue weighted by Crippen LogP contribution is 2.41. The van der Waals surface area contributed by atoms with E-state index in [1.54, 1.807) is 6.92 Å². The molecule has 3 unspecified atom stereocenters. The monoisotopic (exact) mass is 352 g/mol. The fraction of sp³-hybridized carbons (Fsp3) is 0.632. The largest absolute Gasteiger partial charge is 0.389 e. The molecule has 0 heterocycles. The highest BCUT2D eigenvalue weighted by molar-refractivity contribution is 5.85. The molecule has 4 N–H and O–H groups in total. The molecule has 2 saturated carbocycles. The van der Waals surface area contributed by atoms with E-state index in [0.717, 1.165) is 24.0 Å². The van der Waals surface area contributed by atoms with E-state index in [1.807, 2.05) is 24.3 Å². The standard InChI is InChI=1S/C19H28N2O2.ClH/c1-12(22)14-7-5-13(6-8-14)11-21-19(23)17-9-15-3-2-4-16(10-17)18(15)20;/h5-8,12,15-18,22H,2-4,9-11,20H2,1H3,(H,21,23);1H. The Morgan fingerprint density at radius 2 is 1.83 bits per heavy atom. The predicted octanol–water partition coefficient (Wildman–Crippen LogP) is 2.93. The molecule has 2 aliphatic carbocycles. The molecule has 0 spiro atoms. The highest BCUT2D eigenvalue weighted by Gasteiger charge is 2.40. The first-order valence-corrected chi connectivity index (χ1v) is 8.84. The van der Waals surface area contributed by atoms with Crippen LogP contribution in [-0.2, 0) is 11.3 Å². The molecule has 5 heteroatoms. The summed E-state index contributed by atoms with van der Waals surface area (Å²) < 4.78 is 0. The van der Waals surface area contributed by atoms with Crippen molar-refractivity contribution in [1.29, 1.82) is 0 Å². The van der Waals surface area contributed by atoms with Gasteiger partial charge in [-0.25, -0.2) is 0 Å². The number of carbonyl (C=O) groups is 1. The Hall–Kier alpha value is -1.10. The predicted molar refractivity (Wildman–Crippen MR) is 97.7 cm³/mol. The van der Waals surface area contributed by atoms with E-state index in [-0.39, 0.29) is 24.2 Å². The Bertz CT molecular complexity index is 533. The summed E-state index contributed by atoms with van der Waals surface area (Å²) in [6.45, 7) is 2.30. The molecule has 0 saturated heterocycles. The zero-order chi connectivity index (χ0) is 16.4. The summed E-state index contributed by atoms with van der Waals surface area (Å²) in [5.74, 6) is 1.36. The zero-order valence-electron chi connectivity index (χ0n) is 14.3. The second-order valence-electron chi connectivity index (χ2n) is 7.33. The van der Waals surface area contributed by atoms with Gasteiger partial charge in [-0.2, -0.15) is 0 Å². The lowest BCUT2D eigenvalue weighted by Gasteiger charge is -2.43. The number of nitrogens with two attached hydrogens (primary N) is 1. The molecular weight excluding hydrogens is 324 g/mol. The van der Waals surface area contributed by atoms with Gasteiger partial charge in [0.15, 0.2) is 0 Å². The molecule has 24 heavy (non-hydrogen) atoms. The Morgan fingerprint density at radius 1 is 1.25 bits per heavy atom. The van der Waals surface area contributed by atoms with Gasteiger partial charge in [-0.05, 0) is 55.6 Å². The first-order valence-electron chi connectivity index (χ1n) is 8.84. The second kappa shape index (κ2) is 8.32. The number of hydrogen-bond donors (Lipinski definition) is 3. The molecule has 1 amide bonds. The minimum atomic E-state index is -0.454.